The van der Waals surface area contributed by atoms with E-state index in [4.69, 9.17) is 4.74 Å². The fourth-order valence-corrected chi connectivity index (χ4v) is 3.12. The van der Waals surface area contributed by atoms with Crippen LogP contribution in [0.5, 0.6) is 5.75 Å². The molecule has 0 fully saturated rings. The zero-order valence-electron chi connectivity index (χ0n) is 15.2. The molecule has 0 saturated heterocycles. The van der Waals surface area contributed by atoms with Gasteiger partial charge in [-0.25, -0.2) is 4.90 Å². The number of carbonyl (C=O) groups excluding carboxylic acids is 3. The molecule has 6 nitrogen and oxygen atoms in total. The molecule has 3 amide bonds. The van der Waals surface area contributed by atoms with Crippen LogP contribution < -0.4 is 14.5 Å². The summed E-state index contributed by atoms with van der Waals surface area (Å²) in [4.78, 5) is 40.3. The van der Waals surface area contributed by atoms with E-state index >= 15 is 0 Å². The van der Waals surface area contributed by atoms with Gasteiger partial charge in [0.2, 0.25) is 0 Å². The number of rotatable bonds is 3. The lowest BCUT2D eigenvalue weighted by Crippen LogP contribution is -2.52. The molecular formula is C19H22N2O4. The van der Waals surface area contributed by atoms with Gasteiger partial charge in [0.25, 0.3) is 17.7 Å². The maximum absolute atomic E-state index is 12.7. The van der Waals surface area contributed by atoms with Gasteiger partial charge in [-0.1, -0.05) is 6.92 Å². The molecule has 1 aromatic carbocycles. The molecule has 0 saturated carbocycles. The largest absolute Gasteiger partial charge is 0.476 e. The number of fused-ring (bicyclic) bond motifs is 1. The molecule has 0 radical (unpaired) electrons. The minimum Gasteiger partial charge on any atom is -0.476 e. The molecule has 0 N–H and O–H groups in total. The van der Waals surface area contributed by atoms with Gasteiger partial charge in [-0.15, -0.1) is 0 Å². The zero-order valence-corrected chi connectivity index (χ0v) is 15.2. The van der Waals surface area contributed by atoms with Crippen molar-refractivity contribution in [1.29, 1.82) is 0 Å². The van der Waals surface area contributed by atoms with Gasteiger partial charge in [-0.3, -0.25) is 14.4 Å². The fraction of sp³-hybridized carbons (Fsp3) is 0.421. The Morgan fingerprint density at radius 3 is 2.20 bits per heavy atom. The first-order valence-corrected chi connectivity index (χ1v) is 8.40. The van der Waals surface area contributed by atoms with E-state index < -0.39 is 5.60 Å². The second-order valence-electron chi connectivity index (χ2n) is 6.92. The molecule has 0 aromatic heterocycles. The van der Waals surface area contributed by atoms with Crippen molar-refractivity contribution < 1.29 is 19.1 Å². The normalized spacial score (nSPS) is 19.5. The number of carbonyl (C=O) groups is 3. The number of ether oxygens (including phenoxy) is 1. The average molecular weight is 342 g/mol. The lowest BCUT2D eigenvalue weighted by molar-refractivity contribution is -0.132. The summed E-state index contributed by atoms with van der Waals surface area (Å²) in [6, 6.07) is 5.07. The summed E-state index contributed by atoms with van der Waals surface area (Å²) in [5.74, 6) is -0.216. The van der Waals surface area contributed by atoms with Crippen molar-refractivity contribution in [2.75, 3.05) is 16.3 Å². The van der Waals surface area contributed by atoms with Crippen molar-refractivity contribution in [1.82, 2.24) is 0 Å². The summed E-state index contributed by atoms with van der Waals surface area (Å²) in [6.45, 7) is 9.29. The Balaban J connectivity index is 2.07. The molecule has 0 aliphatic carbocycles. The Morgan fingerprint density at radius 1 is 1.04 bits per heavy atom. The molecule has 0 spiro atoms. The van der Waals surface area contributed by atoms with Gasteiger partial charge in [0.1, 0.15) is 5.75 Å². The van der Waals surface area contributed by atoms with Crippen molar-refractivity contribution in [3.8, 4) is 5.75 Å². The number of hydrogen-bond acceptors (Lipinski definition) is 4. The second-order valence-corrected chi connectivity index (χ2v) is 6.92. The van der Waals surface area contributed by atoms with Crippen LogP contribution in [0.15, 0.2) is 29.3 Å². The standard InChI is InChI=1S/C19H22N2O4/c1-6-9-20-14-10-13(21-16(22)11(2)12(3)17(21)23)7-8-15(14)25-19(4,5)18(20)24/h7-8,10H,6,9H2,1-5H3. The van der Waals surface area contributed by atoms with E-state index in [0.29, 0.717) is 34.8 Å². The summed E-state index contributed by atoms with van der Waals surface area (Å²) in [6.07, 6.45) is 0.785. The third kappa shape index (κ3) is 2.52. The second kappa shape index (κ2) is 5.72. The van der Waals surface area contributed by atoms with Crippen LogP contribution >= 0.6 is 0 Å². The van der Waals surface area contributed by atoms with E-state index in [1.165, 1.54) is 0 Å². The predicted octanol–water partition coefficient (Wildman–Crippen LogP) is 2.81. The molecule has 132 valence electrons. The van der Waals surface area contributed by atoms with Crippen LogP contribution in [0.2, 0.25) is 0 Å². The topological polar surface area (TPSA) is 66.9 Å². The number of imide groups is 1. The highest BCUT2D eigenvalue weighted by molar-refractivity contribution is 6.32. The summed E-state index contributed by atoms with van der Waals surface area (Å²) < 4.78 is 5.83. The van der Waals surface area contributed by atoms with Crippen LogP contribution in [0, 0.1) is 0 Å². The molecular weight excluding hydrogens is 320 g/mol. The molecule has 0 bridgehead atoms. The van der Waals surface area contributed by atoms with Crippen LogP contribution in [0.25, 0.3) is 0 Å². The van der Waals surface area contributed by atoms with E-state index in [1.54, 1.807) is 50.8 Å². The van der Waals surface area contributed by atoms with E-state index in [0.717, 1.165) is 11.3 Å². The first kappa shape index (κ1) is 17.2. The SMILES string of the molecule is CCCN1C(=O)C(C)(C)Oc2ccc(N3C(=O)C(C)=C(C)C3=O)cc21. The highest BCUT2D eigenvalue weighted by Gasteiger charge is 2.41. The van der Waals surface area contributed by atoms with Crippen molar-refractivity contribution in [3.63, 3.8) is 0 Å². The third-order valence-electron chi connectivity index (χ3n) is 4.67. The Hall–Kier alpha value is -2.63. The van der Waals surface area contributed by atoms with Gasteiger partial charge < -0.3 is 9.64 Å². The number of anilines is 2. The summed E-state index contributed by atoms with van der Waals surface area (Å²) in [7, 11) is 0. The monoisotopic (exact) mass is 342 g/mol. The van der Waals surface area contributed by atoms with Gasteiger partial charge in [0.15, 0.2) is 5.60 Å². The van der Waals surface area contributed by atoms with Gasteiger partial charge in [0.05, 0.1) is 11.4 Å². The maximum atomic E-state index is 12.7. The fourth-order valence-electron chi connectivity index (χ4n) is 3.12. The third-order valence-corrected chi connectivity index (χ3v) is 4.67. The molecule has 3 rings (SSSR count). The van der Waals surface area contributed by atoms with Crippen LogP contribution in [-0.4, -0.2) is 29.9 Å². The van der Waals surface area contributed by atoms with Crippen LogP contribution in [0.1, 0.15) is 41.0 Å². The maximum Gasteiger partial charge on any atom is 0.270 e. The first-order chi connectivity index (χ1) is 11.7. The van der Waals surface area contributed by atoms with Crippen molar-refractivity contribution in [3.05, 3.63) is 29.3 Å². The molecule has 2 aliphatic rings. The van der Waals surface area contributed by atoms with Crippen molar-refractivity contribution in [2.45, 2.75) is 46.6 Å². The van der Waals surface area contributed by atoms with Gasteiger partial charge in [0, 0.05) is 17.7 Å². The van der Waals surface area contributed by atoms with E-state index in [-0.39, 0.29) is 17.7 Å². The van der Waals surface area contributed by atoms with E-state index in [1.807, 2.05) is 6.92 Å². The zero-order chi connectivity index (χ0) is 18.5. The average Bonchev–Trinajstić information content (AvgIpc) is 2.75. The van der Waals surface area contributed by atoms with Crippen LogP contribution in [0.3, 0.4) is 0 Å². The minimum atomic E-state index is -0.947. The lowest BCUT2D eigenvalue weighted by Gasteiger charge is -2.39. The molecule has 0 atom stereocenters. The Morgan fingerprint density at radius 2 is 1.64 bits per heavy atom. The molecule has 2 heterocycles. The minimum absolute atomic E-state index is 0.136. The van der Waals surface area contributed by atoms with Gasteiger partial charge in [-0.2, -0.15) is 0 Å². The van der Waals surface area contributed by atoms with Gasteiger partial charge in [-0.05, 0) is 52.3 Å². The van der Waals surface area contributed by atoms with Crippen LogP contribution in [0.4, 0.5) is 11.4 Å². The molecule has 2 aliphatic heterocycles. The lowest BCUT2D eigenvalue weighted by atomic mass is 10.0. The Kier molecular flexibility index (Phi) is 3.94. The number of nitrogens with zero attached hydrogens (tertiary/aromatic N) is 2. The van der Waals surface area contributed by atoms with E-state index in [2.05, 4.69) is 0 Å². The Labute approximate surface area is 147 Å². The highest BCUT2D eigenvalue weighted by atomic mass is 16.5. The molecule has 6 heteroatoms. The molecule has 25 heavy (non-hydrogen) atoms. The smallest absolute Gasteiger partial charge is 0.270 e. The van der Waals surface area contributed by atoms with Crippen molar-refractivity contribution >= 4 is 29.1 Å². The first-order valence-electron chi connectivity index (χ1n) is 8.40. The highest BCUT2D eigenvalue weighted by Crippen LogP contribution is 2.41. The van der Waals surface area contributed by atoms with E-state index in [9.17, 15) is 14.4 Å². The number of amides is 3. The van der Waals surface area contributed by atoms with Gasteiger partial charge >= 0.3 is 0 Å². The summed E-state index contributed by atoms with van der Waals surface area (Å²) in [5.41, 5.74) is 0.981. The Bertz CT molecular complexity index is 799. The predicted molar refractivity (Wildman–Crippen MR) is 94.7 cm³/mol. The number of hydrogen-bond donors (Lipinski definition) is 0. The number of benzene rings is 1. The quantitative estimate of drug-likeness (QED) is 0.792. The summed E-state index contributed by atoms with van der Waals surface area (Å²) in [5, 5.41) is 0. The molecule has 1 aromatic rings. The summed E-state index contributed by atoms with van der Waals surface area (Å²) >= 11 is 0. The molecule has 0 unspecified atom stereocenters. The van der Waals surface area contributed by atoms with Crippen LogP contribution in [-0.2, 0) is 14.4 Å². The van der Waals surface area contributed by atoms with Crippen molar-refractivity contribution in [2.24, 2.45) is 0 Å².